The number of aliphatic hydroxyl groups excluding tert-OH is 1. The molecular weight excluding hydrogens is 964 g/mol. The Hall–Kier alpha value is -1.99. The Morgan fingerprint density at radius 1 is 0.611 bits per heavy atom. The number of nitro benzene ring substituents is 1. The molecule has 1 saturated heterocycles. The lowest BCUT2D eigenvalue weighted by Crippen LogP contribution is -2.37. The summed E-state index contributed by atoms with van der Waals surface area (Å²) in [6.07, 6.45) is 40.2. The number of hydrogen-bond acceptors (Lipinski definition) is 10. The first-order valence-corrected chi connectivity index (χ1v) is 32.5. The van der Waals surface area contributed by atoms with Crippen molar-refractivity contribution in [1.29, 1.82) is 0 Å². The molecule has 1 heterocycles. The number of unbranched alkanes of at least 4 members (excludes halogenated alkanes) is 30. The van der Waals surface area contributed by atoms with Gasteiger partial charge in [0.05, 0.1) is 55.5 Å². The molecular formula is C58H102N2O9PS2+. The van der Waals surface area contributed by atoms with Crippen LogP contribution in [-0.2, 0) is 9.09 Å². The minimum atomic E-state index is -4.27. The monoisotopic (exact) mass is 1070 g/mol. The normalized spacial score (nSPS) is 16.4. The van der Waals surface area contributed by atoms with E-state index in [-0.39, 0.29) is 34.1 Å². The van der Waals surface area contributed by atoms with E-state index in [1.807, 2.05) is 33.3 Å². The largest absolute Gasteiger partial charge is 0.527 e. The molecule has 0 amide bonds. The maximum atomic E-state index is 12.6. The highest BCUT2D eigenvalue weighted by Gasteiger charge is 2.35. The number of benzene rings is 2. The van der Waals surface area contributed by atoms with E-state index in [9.17, 15) is 24.7 Å². The number of ether oxygens (including phenoxy) is 2. The molecule has 0 spiro atoms. The van der Waals surface area contributed by atoms with E-state index in [1.165, 1.54) is 179 Å². The van der Waals surface area contributed by atoms with Crippen molar-refractivity contribution < 1.29 is 42.5 Å². The number of nitrogens with zero attached hydrogens (tertiary/aromatic N) is 2. The van der Waals surface area contributed by atoms with Crippen LogP contribution < -0.4 is 14.0 Å². The third kappa shape index (κ3) is 29.9. The van der Waals surface area contributed by atoms with Gasteiger partial charge >= 0.3 is 7.82 Å². The first-order valence-electron chi connectivity index (χ1n) is 28.9. The maximum Gasteiger partial charge on any atom is 0.527 e. The molecule has 0 aromatic heterocycles. The van der Waals surface area contributed by atoms with Gasteiger partial charge in [0.1, 0.15) is 25.0 Å². The zero-order chi connectivity index (χ0) is 52.1. The van der Waals surface area contributed by atoms with Gasteiger partial charge < -0.3 is 23.6 Å². The molecule has 414 valence electrons. The predicted molar refractivity (Wildman–Crippen MR) is 305 cm³/mol. The van der Waals surface area contributed by atoms with Gasteiger partial charge in [-0.3, -0.25) is 19.5 Å². The highest BCUT2D eigenvalue weighted by Crippen LogP contribution is 2.48. The topological polar surface area (TPSA) is 138 Å². The molecule has 2 aromatic carbocycles. The molecule has 11 nitrogen and oxygen atoms in total. The summed E-state index contributed by atoms with van der Waals surface area (Å²) in [5.74, 6) is 2.62. The van der Waals surface area contributed by atoms with Crippen molar-refractivity contribution >= 4 is 37.0 Å². The SMILES string of the molecule is CCCCCCCCCCCCCCCCCCOc1cc(C(O)C2SCC(c3ccc(OP(=O)(O)OCC[N+](C)(C)C)cc3)CS2)c([N+](=O)[O-])cc1OCCCCCCCCCCCCCCCCCC. The molecule has 0 aliphatic carbocycles. The van der Waals surface area contributed by atoms with E-state index >= 15 is 0 Å². The fourth-order valence-corrected chi connectivity index (χ4v) is 13.2. The van der Waals surface area contributed by atoms with Gasteiger partial charge in [-0.15, -0.1) is 23.5 Å². The van der Waals surface area contributed by atoms with Crippen LogP contribution in [-0.4, -0.2) is 83.0 Å². The van der Waals surface area contributed by atoms with Crippen molar-refractivity contribution in [1.82, 2.24) is 0 Å². The molecule has 3 rings (SSSR count). The minimum Gasteiger partial charge on any atom is -0.490 e. The lowest BCUT2D eigenvalue weighted by atomic mass is 10.0. The van der Waals surface area contributed by atoms with Crippen LogP contribution in [0.2, 0.25) is 0 Å². The van der Waals surface area contributed by atoms with Gasteiger partial charge in [-0.2, -0.15) is 0 Å². The van der Waals surface area contributed by atoms with E-state index < -0.39 is 18.8 Å². The second-order valence-electron chi connectivity index (χ2n) is 21.6. The summed E-state index contributed by atoms with van der Waals surface area (Å²) in [6.45, 7) is 6.14. The van der Waals surface area contributed by atoms with Gasteiger partial charge in [0.2, 0.25) is 0 Å². The molecule has 1 aliphatic heterocycles. The molecule has 2 N–H and O–H groups in total. The second kappa shape index (κ2) is 39.4. The van der Waals surface area contributed by atoms with E-state index in [1.54, 1.807) is 41.7 Å². The van der Waals surface area contributed by atoms with Gasteiger partial charge in [0, 0.05) is 17.4 Å². The van der Waals surface area contributed by atoms with E-state index in [4.69, 9.17) is 18.5 Å². The average Bonchev–Trinajstić information content (AvgIpc) is 3.35. The quantitative estimate of drug-likeness (QED) is 0.0215. The number of nitro groups is 1. The first kappa shape index (κ1) is 64.3. The van der Waals surface area contributed by atoms with Gasteiger partial charge in [-0.25, -0.2) is 4.57 Å². The number of quaternary nitrogens is 1. The summed E-state index contributed by atoms with van der Waals surface area (Å²) in [7, 11) is 1.66. The molecule has 72 heavy (non-hydrogen) atoms. The number of aliphatic hydroxyl groups is 1. The molecule has 0 saturated carbocycles. The molecule has 2 unspecified atom stereocenters. The van der Waals surface area contributed by atoms with Crippen LogP contribution in [0.4, 0.5) is 5.69 Å². The maximum absolute atomic E-state index is 12.6. The summed E-state index contributed by atoms with van der Waals surface area (Å²) in [5, 5.41) is 24.4. The highest BCUT2D eigenvalue weighted by atomic mass is 32.2. The highest BCUT2D eigenvalue weighted by molar-refractivity contribution is 8.17. The zero-order valence-electron chi connectivity index (χ0n) is 46.0. The molecule has 1 fully saturated rings. The molecule has 0 radical (unpaired) electrons. The zero-order valence-corrected chi connectivity index (χ0v) is 48.5. The second-order valence-corrected chi connectivity index (χ2v) is 25.6. The summed E-state index contributed by atoms with van der Waals surface area (Å²) in [6, 6.07) is 10.3. The Bertz CT molecular complexity index is 1720. The Morgan fingerprint density at radius 3 is 1.36 bits per heavy atom. The number of hydrogen-bond donors (Lipinski definition) is 2. The van der Waals surface area contributed by atoms with Crippen LogP contribution in [0, 0.1) is 10.1 Å². The third-order valence-electron chi connectivity index (χ3n) is 13.9. The minimum absolute atomic E-state index is 0.0908. The standard InChI is InChI=1S/C58H101N2O9PS2/c1-6-8-10-12-14-16-18-20-22-24-26-28-30-32-34-36-43-66-55-46-53(54(59(62)63)47-56(55)67-44-37-35-33-31-29-27-25-23-21-19-17-15-13-11-9-7-2)57(61)58-71-48-51(49-72-58)50-38-40-52(41-39-50)69-70(64,65)68-45-42-60(3,4)5/h38-41,46-47,51,57-58,61H,6-37,42-45,48-49H2,1-5H3/p+1. The smallest absolute Gasteiger partial charge is 0.490 e. The van der Waals surface area contributed by atoms with Crippen molar-refractivity contribution in [3.05, 3.63) is 57.6 Å². The van der Waals surface area contributed by atoms with Crippen molar-refractivity contribution in [2.75, 3.05) is 59.0 Å². The number of phosphoric acid groups is 1. The Kier molecular flexibility index (Phi) is 35.2. The summed E-state index contributed by atoms with van der Waals surface area (Å²) in [4.78, 5) is 22.4. The fraction of sp³-hybridized carbons (Fsp3) is 0.793. The summed E-state index contributed by atoms with van der Waals surface area (Å²) in [5.41, 5.74) is 1.13. The molecule has 2 aromatic rings. The number of likely N-dealkylation sites (N-methyl/N-ethyl adjacent to an activating group) is 1. The van der Waals surface area contributed by atoms with Crippen LogP contribution in [0.15, 0.2) is 36.4 Å². The first-order chi connectivity index (χ1) is 34.8. The Labute approximate surface area is 447 Å². The lowest BCUT2D eigenvalue weighted by Gasteiger charge is -2.31. The Morgan fingerprint density at radius 2 is 0.986 bits per heavy atom. The predicted octanol–water partition coefficient (Wildman–Crippen LogP) is 17.7. The van der Waals surface area contributed by atoms with Crippen molar-refractivity contribution in [2.45, 2.75) is 236 Å². The van der Waals surface area contributed by atoms with Crippen molar-refractivity contribution in [3.63, 3.8) is 0 Å². The fourth-order valence-electron chi connectivity index (χ4n) is 9.28. The van der Waals surface area contributed by atoms with E-state index in [0.29, 0.717) is 47.2 Å². The van der Waals surface area contributed by atoms with Gasteiger partial charge in [0.25, 0.3) is 5.69 Å². The third-order valence-corrected chi connectivity index (χ3v) is 18.0. The summed E-state index contributed by atoms with van der Waals surface area (Å²) >= 11 is 3.16. The average molecular weight is 1070 g/mol. The van der Waals surface area contributed by atoms with Crippen molar-refractivity contribution in [2.24, 2.45) is 0 Å². The summed E-state index contributed by atoms with van der Waals surface area (Å²) < 4.78 is 35.9. The van der Waals surface area contributed by atoms with Crippen LogP contribution >= 0.6 is 31.3 Å². The van der Waals surface area contributed by atoms with E-state index in [0.717, 1.165) is 37.7 Å². The van der Waals surface area contributed by atoms with Crippen LogP contribution in [0.3, 0.4) is 0 Å². The molecule has 0 bridgehead atoms. The van der Waals surface area contributed by atoms with Gasteiger partial charge in [-0.1, -0.05) is 219 Å². The Balaban J connectivity index is 1.50. The molecule has 1 aliphatic rings. The van der Waals surface area contributed by atoms with E-state index in [2.05, 4.69) is 13.8 Å². The number of rotatable bonds is 46. The number of thioether (sulfide) groups is 2. The van der Waals surface area contributed by atoms with Gasteiger partial charge in [-0.05, 0) is 36.6 Å². The lowest BCUT2D eigenvalue weighted by molar-refractivity contribution is -0.870. The van der Waals surface area contributed by atoms with Crippen LogP contribution in [0.1, 0.15) is 242 Å². The van der Waals surface area contributed by atoms with Crippen molar-refractivity contribution in [3.8, 4) is 17.2 Å². The molecule has 2 atom stereocenters. The van der Waals surface area contributed by atoms with Crippen LogP contribution in [0.5, 0.6) is 17.2 Å². The molecule has 14 heteroatoms. The van der Waals surface area contributed by atoms with Crippen LogP contribution in [0.25, 0.3) is 0 Å². The van der Waals surface area contributed by atoms with Gasteiger partial charge in [0.15, 0.2) is 11.5 Å². The number of phosphoric ester groups is 1.